The second-order valence-corrected chi connectivity index (χ2v) is 6.87. The quantitative estimate of drug-likeness (QED) is 0.706. The molecule has 1 unspecified atom stereocenters. The Balaban J connectivity index is 1.87. The van der Waals surface area contributed by atoms with Gasteiger partial charge in [0.05, 0.1) is 0 Å². The third-order valence-electron chi connectivity index (χ3n) is 4.37. The van der Waals surface area contributed by atoms with Crippen LogP contribution in [-0.2, 0) is 10.3 Å². The molecule has 2 aromatic rings. The van der Waals surface area contributed by atoms with Crippen LogP contribution in [0.25, 0.3) is 0 Å². The van der Waals surface area contributed by atoms with Gasteiger partial charge in [0.2, 0.25) is 11.7 Å². The van der Waals surface area contributed by atoms with Gasteiger partial charge in [-0.05, 0) is 25.7 Å². The summed E-state index contributed by atoms with van der Waals surface area (Å²) in [6.45, 7) is 1.26. The summed E-state index contributed by atoms with van der Waals surface area (Å²) in [6.07, 6.45) is -1.63. The fourth-order valence-electron chi connectivity index (χ4n) is 2.58. The highest BCUT2D eigenvalue weighted by Crippen LogP contribution is 2.44. The van der Waals surface area contributed by atoms with Crippen LogP contribution in [0, 0.1) is 6.92 Å². The van der Waals surface area contributed by atoms with E-state index in [9.17, 15) is 22.8 Å². The predicted octanol–water partition coefficient (Wildman–Crippen LogP) is 1.72. The molecule has 0 aliphatic heterocycles. The number of nitrogens with one attached hydrogen (secondary N) is 1. The van der Waals surface area contributed by atoms with Crippen molar-refractivity contribution in [1.82, 2.24) is 20.4 Å². The van der Waals surface area contributed by atoms with Crippen molar-refractivity contribution in [3.63, 3.8) is 0 Å². The Morgan fingerprint density at radius 2 is 2.07 bits per heavy atom. The summed E-state index contributed by atoms with van der Waals surface area (Å²) in [5.74, 6) is -1.89. The van der Waals surface area contributed by atoms with E-state index >= 15 is 0 Å². The zero-order chi connectivity index (χ0) is 21.4. The predicted molar refractivity (Wildman–Crippen MR) is 90.8 cm³/mol. The molecule has 1 aliphatic rings. The van der Waals surface area contributed by atoms with Crippen LogP contribution in [0.5, 0.6) is 5.75 Å². The van der Waals surface area contributed by atoms with Crippen LogP contribution in [0.4, 0.5) is 13.2 Å². The van der Waals surface area contributed by atoms with Gasteiger partial charge in [0.15, 0.2) is 12.1 Å². The number of carbonyl (C=O) groups is 2. The molecule has 1 fully saturated rings. The van der Waals surface area contributed by atoms with Crippen molar-refractivity contribution in [3.05, 3.63) is 35.2 Å². The number of amides is 2. The van der Waals surface area contributed by atoms with Crippen LogP contribution in [-0.4, -0.2) is 39.7 Å². The molecule has 0 saturated heterocycles. The first-order valence-corrected chi connectivity index (χ1v) is 8.62. The van der Waals surface area contributed by atoms with Crippen LogP contribution in [0.15, 0.2) is 16.8 Å². The van der Waals surface area contributed by atoms with E-state index in [1.807, 2.05) is 0 Å². The molecule has 29 heavy (non-hydrogen) atoms. The van der Waals surface area contributed by atoms with Crippen molar-refractivity contribution in [2.45, 2.75) is 44.3 Å². The van der Waals surface area contributed by atoms with Gasteiger partial charge >= 0.3 is 6.18 Å². The number of ether oxygens (including phenoxy) is 1. The second kappa shape index (κ2) is 7.33. The Labute approximate surface area is 162 Å². The van der Waals surface area contributed by atoms with E-state index in [0.29, 0.717) is 5.56 Å². The molecule has 2 aromatic heterocycles. The van der Waals surface area contributed by atoms with E-state index in [1.54, 1.807) is 0 Å². The van der Waals surface area contributed by atoms with Crippen molar-refractivity contribution in [2.75, 3.05) is 6.61 Å². The molecule has 9 nitrogen and oxygen atoms in total. The lowest BCUT2D eigenvalue weighted by molar-refractivity contribution is -0.153. The SMILES string of the molecule is Cc1nc(C(C)(NC(=O)c2cc(OCC(F)(F)F)c(C3CC3)cn2)C(N)=O)no1. The van der Waals surface area contributed by atoms with Crippen molar-refractivity contribution in [3.8, 4) is 5.75 Å². The molecular weight excluding hydrogens is 395 g/mol. The third-order valence-corrected chi connectivity index (χ3v) is 4.37. The summed E-state index contributed by atoms with van der Waals surface area (Å²) in [6, 6.07) is 1.11. The molecule has 3 rings (SSSR count). The van der Waals surface area contributed by atoms with Crippen molar-refractivity contribution < 1.29 is 32.0 Å². The lowest BCUT2D eigenvalue weighted by atomic mass is 10.00. The summed E-state index contributed by atoms with van der Waals surface area (Å²) in [5, 5.41) is 5.97. The van der Waals surface area contributed by atoms with Crippen molar-refractivity contribution in [1.29, 1.82) is 0 Å². The molecule has 0 spiro atoms. The Kier molecular flexibility index (Phi) is 5.20. The smallest absolute Gasteiger partial charge is 0.422 e. The number of rotatable bonds is 7. The highest BCUT2D eigenvalue weighted by Gasteiger charge is 2.40. The van der Waals surface area contributed by atoms with E-state index < -0.39 is 30.1 Å². The number of primary amides is 1. The minimum absolute atomic E-state index is 0.0426. The molecule has 2 heterocycles. The van der Waals surface area contributed by atoms with Crippen molar-refractivity contribution in [2.24, 2.45) is 5.73 Å². The van der Waals surface area contributed by atoms with Gasteiger partial charge in [0, 0.05) is 24.8 Å². The van der Waals surface area contributed by atoms with Gasteiger partial charge in [-0.25, -0.2) is 0 Å². The summed E-state index contributed by atoms with van der Waals surface area (Å²) in [7, 11) is 0. The summed E-state index contributed by atoms with van der Waals surface area (Å²) in [5.41, 5.74) is 3.82. The number of aromatic nitrogens is 3. The lowest BCUT2D eigenvalue weighted by Gasteiger charge is -2.23. The first kappa shape index (κ1) is 20.6. The van der Waals surface area contributed by atoms with Gasteiger partial charge in [0.25, 0.3) is 11.8 Å². The monoisotopic (exact) mass is 413 g/mol. The van der Waals surface area contributed by atoms with Gasteiger partial charge in [0.1, 0.15) is 11.4 Å². The molecule has 156 valence electrons. The van der Waals surface area contributed by atoms with E-state index in [1.165, 1.54) is 20.0 Å². The molecule has 1 aliphatic carbocycles. The largest absolute Gasteiger partial charge is 0.484 e. The molecule has 0 bridgehead atoms. The number of aryl methyl sites for hydroxylation is 1. The van der Waals surface area contributed by atoms with E-state index in [0.717, 1.165) is 18.9 Å². The first-order chi connectivity index (χ1) is 13.5. The maximum atomic E-state index is 12.6. The van der Waals surface area contributed by atoms with Gasteiger partial charge in [-0.2, -0.15) is 18.2 Å². The number of alkyl halides is 3. The average Bonchev–Trinajstić information content (AvgIpc) is 3.39. The number of nitrogens with two attached hydrogens (primary N) is 1. The van der Waals surface area contributed by atoms with Crippen molar-refractivity contribution >= 4 is 11.8 Å². The molecule has 2 amide bonds. The van der Waals surface area contributed by atoms with Gasteiger partial charge in [-0.1, -0.05) is 5.16 Å². The number of halogens is 3. The standard InChI is InChI=1S/C17H18F3N5O4/c1-8-23-15(25-29-8)16(2,14(21)27)24-13(26)11-5-12(28-7-17(18,19)20)10(6-22-11)9-3-4-9/h5-6,9H,3-4,7H2,1-2H3,(H2,21,27)(H,24,26). The van der Waals surface area contributed by atoms with Gasteiger partial charge in [-0.15, -0.1) is 0 Å². The molecular formula is C17H18F3N5O4. The first-order valence-electron chi connectivity index (χ1n) is 8.62. The van der Waals surface area contributed by atoms with Gasteiger partial charge < -0.3 is 20.3 Å². The highest BCUT2D eigenvalue weighted by atomic mass is 19.4. The normalized spacial score (nSPS) is 16.2. The topological polar surface area (TPSA) is 133 Å². The van der Waals surface area contributed by atoms with Crippen LogP contribution >= 0.6 is 0 Å². The molecule has 3 N–H and O–H groups in total. The molecule has 1 atom stereocenters. The summed E-state index contributed by atoms with van der Waals surface area (Å²) >= 11 is 0. The Morgan fingerprint density at radius 3 is 2.59 bits per heavy atom. The minimum atomic E-state index is -4.53. The molecule has 0 aromatic carbocycles. The average molecular weight is 413 g/mol. The highest BCUT2D eigenvalue weighted by molar-refractivity contribution is 5.97. The Bertz CT molecular complexity index is 941. The second-order valence-electron chi connectivity index (χ2n) is 6.87. The van der Waals surface area contributed by atoms with E-state index in [2.05, 4.69) is 20.4 Å². The van der Waals surface area contributed by atoms with Crippen LogP contribution < -0.4 is 15.8 Å². The summed E-state index contributed by atoms with van der Waals surface area (Å²) in [4.78, 5) is 32.5. The zero-order valence-corrected chi connectivity index (χ0v) is 15.5. The number of carbonyl (C=O) groups excluding carboxylic acids is 2. The fourth-order valence-corrected chi connectivity index (χ4v) is 2.58. The zero-order valence-electron chi connectivity index (χ0n) is 15.5. The van der Waals surface area contributed by atoms with E-state index in [-0.39, 0.29) is 29.1 Å². The lowest BCUT2D eigenvalue weighted by Crippen LogP contribution is -2.53. The maximum Gasteiger partial charge on any atom is 0.422 e. The molecule has 0 radical (unpaired) electrons. The van der Waals surface area contributed by atoms with Crippen LogP contribution in [0.2, 0.25) is 0 Å². The Morgan fingerprint density at radius 1 is 1.38 bits per heavy atom. The number of hydrogen-bond donors (Lipinski definition) is 2. The van der Waals surface area contributed by atoms with Gasteiger partial charge in [-0.3, -0.25) is 14.6 Å². The van der Waals surface area contributed by atoms with Crippen LogP contribution in [0.1, 0.15) is 53.5 Å². The molecule has 12 heteroatoms. The number of hydrogen-bond acceptors (Lipinski definition) is 7. The van der Waals surface area contributed by atoms with E-state index in [4.69, 9.17) is 15.0 Å². The maximum absolute atomic E-state index is 12.6. The molecule has 1 saturated carbocycles. The summed E-state index contributed by atoms with van der Waals surface area (Å²) < 4.78 is 47.4. The fraction of sp³-hybridized carbons (Fsp3) is 0.471. The number of pyridine rings is 1. The minimum Gasteiger partial charge on any atom is -0.484 e. The Hall–Kier alpha value is -3.18. The number of nitrogens with zero attached hydrogens (tertiary/aromatic N) is 3. The van der Waals surface area contributed by atoms with Crippen LogP contribution in [0.3, 0.4) is 0 Å². The third kappa shape index (κ3) is 4.63.